The molecular formula is C24H29BrFN3O5S. The van der Waals surface area contributed by atoms with Gasteiger partial charge < -0.3 is 9.64 Å². The van der Waals surface area contributed by atoms with Gasteiger partial charge in [0.1, 0.15) is 11.6 Å². The Kier molecular flexibility index (Phi) is 9.26. The van der Waals surface area contributed by atoms with Crippen molar-refractivity contribution in [3.63, 3.8) is 0 Å². The second-order valence-corrected chi connectivity index (χ2v) is 11.3. The summed E-state index contributed by atoms with van der Waals surface area (Å²) in [5.74, 6) is -0.538. The first-order chi connectivity index (χ1) is 16.5. The van der Waals surface area contributed by atoms with Gasteiger partial charge in [-0.05, 0) is 54.8 Å². The number of benzene rings is 2. The van der Waals surface area contributed by atoms with Crippen molar-refractivity contribution < 1.29 is 27.1 Å². The normalized spacial score (nSPS) is 16.7. The maximum absolute atomic E-state index is 13.1. The number of hydrogen-bond donors (Lipinski definition) is 1. The highest BCUT2D eigenvalue weighted by atomic mass is 79.9. The molecule has 2 aromatic rings. The molecule has 35 heavy (non-hydrogen) atoms. The summed E-state index contributed by atoms with van der Waals surface area (Å²) in [6, 6.07) is 11.7. The second kappa shape index (κ2) is 12.0. The summed E-state index contributed by atoms with van der Waals surface area (Å²) in [5, 5.41) is 0. The molecule has 1 aliphatic heterocycles. The fourth-order valence-electron chi connectivity index (χ4n) is 4.01. The highest BCUT2D eigenvalue weighted by molar-refractivity contribution is 9.10. The van der Waals surface area contributed by atoms with Crippen molar-refractivity contribution in [3.8, 4) is 5.75 Å². The zero-order valence-electron chi connectivity index (χ0n) is 19.7. The third-order valence-electron chi connectivity index (χ3n) is 5.65. The molecule has 0 spiro atoms. The minimum atomic E-state index is -3.62. The number of carbonyl (C=O) groups excluding carboxylic acids is 2. The number of hydrogen-bond acceptors (Lipinski definition) is 6. The molecule has 0 radical (unpaired) electrons. The lowest BCUT2D eigenvalue weighted by Gasteiger charge is -2.39. The fraction of sp³-hybridized carbons (Fsp3) is 0.417. The van der Waals surface area contributed by atoms with Crippen molar-refractivity contribution in [2.45, 2.75) is 32.4 Å². The van der Waals surface area contributed by atoms with Crippen LogP contribution in [0.5, 0.6) is 5.75 Å². The number of aryl methyl sites for hydroxylation is 1. The summed E-state index contributed by atoms with van der Waals surface area (Å²) in [6.07, 6.45) is 1.14. The molecule has 8 nitrogen and oxygen atoms in total. The standard InChI is InChI=1S/C24H29BrFN3O5S/c1-17-14-28(15-18-3-7-21(26)8-4-18)11-12-29(17)24(31)16-34-22-9-6-20(25)13-19(22)5-10-23(30)27-35(2,32)33/h3-4,6-9,13,17H,5,10-12,14-16H2,1-2H3,(H,27,30). The van der Waals surface area contributed by atoms with Gasteiger partial charge in [-0.25, -0.2) is 12.8 Å². The van der Waals surface area contributed by atoms with E-state index in [1.54, 1.807) is 35.2 Å². The van der Waals surface area contributed by atoms with Crippen LogP contribution in [0.4, 0.5) is 4.39 Å². The topological polar surface area (TPSA) is 96.0 Å². The summed E-state index contributed by atoms with van der Waals surface area (Å²) in [4.78, 5) is 28.8. The van der Waals surface area contributed by atoms with Crippen molar-refractivity contribution in [1.29, 1.82) is 0 Å². The average molecular weight is 570 g/mol. The molecule has 2 amide bonds. The first-order valence-electron chi connectivity index (χ1n) is 11.2. The third kappa shape index (κ3) is 8.59. The number of nitrogens with one attached hydrogen (secondary N) is 1. The fourth-order valence-corrected chi connectivity index (χ4v) is 4.93. The first kappa shape index (κ1) is 27.1. The zero-order chi connectivity index (χ0) is 25.6. The summed E-state index contributed by atoms with van der Waals surface area (Å²) >= 11 is 3.39. The third-order valence-corrected chi connectivity index (χ3v) is 6.74. The van der Waals surface area contributed by atoms with Crippen molar-refractivity contribution in [3.05, 3.63) is 63.9 Å². The monoisotopic (exact) mass is 569 g/mol. The predicted octanol–water partition coefficient (Wildman–Crippen LogP) is 2.71. The van der Waals surface area contributed by atoms with Crippen LogP contribution >= 0.6 is 15.9 Å². The van der Waals surface area contributed by atoms with Crippen LogP contribution in [-0.2, 0) is 32.6 Å². The maximum atomic E-state index is 13.1. The highest BCUT2D eigenvalue weighted by Gasteiger charge is 2.27. The molecule has 190 valence electrons. The number of ether oxygens (including phenoxy) is 1. The molecule has 1 N–H and O–H groups in total. The van der Waals surface area contributed by atoms with Crippen LogP contribution in [0.1, 0.15) is 24.5 Å². The van der Waals surface area contributed by atoms with E-state index in [-0.39, 0.29) is 37.2 Å². The Labute approximate surface area is 213 Å². The zero-order valence-corrected chi connectivity index (χ0v) is 22.1. The summed E-state index contributed by atoms with van der Waals surface area (Å²) in [5.41, 5.74) is 1.71. The van der Waals surface area contributed by atoms with Crippen LogP contribution in [0.25, 0.3) is 0 Å². The molecule has 1 fully saturated rings. The smallest absolute Gasteiger partial charge is 0.260 e. The number of halogens is 2. The van der Waals surface area contributed by atoms with E-state index in [1.165, 1.54) is 12.1 Å². The van der Waals surface area contributed by atoms with Gasteiger partial charge >= 0.3 is 0 Å². The lowest BCUT2D eigenvalue weighted by atomic mass is 10.1. The van der Waals surface area contributed by atoms with Crippen molar-refractivity contribution in [1.82, 2.24) is 14.5 Å². The lowest BCUT2D eigenvalue weighted by molar-refractivity contribution is -0.138. The summed E-state index contributed by atoms with van der Waals surface area (Å²) in [6.45, 7) is 4.49. The Morgan fingerprint density at radius 3 is 2.54 bits per heavy atom. The number of carbonyl (C=O) groups is 2. The number of amides is 2. The molecule has 1 heterocycles. The van der Waals surface area contributed by atoms with Crippen LogP contribution in [0, 0.1) is 5.82 Å². The average Bonchev–Trinajstić information content (AvgIpc) is 2.77. The van der Waals surface area contributed by atoms with E-state index in [4.69, 9.17) is 4.74 Å². The van der Waals surface area contributed by atoms with Gasteiger partial charge in [0.2, 0.25) is 15.9 Å². The van der Waals surface area contributed by atoms with Gasteiger partial charge in [0.25, 0.3) is 5.91 Å². The molecule has 1 atom stereocenters. The van der Waals surface area contributed by atoms with Crippen molar-refractivity contribution in [2.24, 2.45) is 0 Å². The van der Waals surface area contributed by atoms with Crippen LogP contribution in [0.2, 0.25) is 0 Å². The SMILES string of the molecule is CC1CN(Cc2ccc(F)cc2)CCN1C(=O)COc1ccc(Br)cc1CCC(=O)NS(C)(=O)=O. The number of piperazine rings is 1. The number of nitrogens with zero attached hydrogens (tertiary/aromatic N) is 2. The Balaban J connectivity index is 1.53. The van der Waals surface area contributed by atoms with E-state index in [1.807, 2.05) is 11.6 Å². The minimum absolute atomic E-state index is 0.00984. The van der Waals surface area contributed by atoms with E-state index in [2.05, 4.69) is 20.8 Å². The van der Waals surface area contributed by atoms with E-state index < -0.39 is 15.9 Å². The second-order valence-electron chi connectivity index (χ2n) is 8.64. The molecule has 0 bridgehead atoms. The van der Waals surface area contributed by atoms with Crippen molar-refractivity contribution in [2.75, 3.05) is 32.5 Å². The maximum Gasteiger partial charge on any atom is 0.260 e. The van der Waals surface area contributed by atoms with E-state index in [0.29, 0.717) is 37.5 Å². The van der Waals surface area contributed by atoms with Gasteiger partial charge in [0.15, 0.2) is 6.61 Å². The van der Waals surface area contributed by atoms with E-state index >= 15 is 0 Å². The molecule has 1 unspecified atom stereocenters. The largest absolute Gasteiger partial charge is 0.483 e. The Morgan fingerprint density at radius 2 is 1.89 bits per heavy atom. The van der Waals surface area contributed by atoms with Crippen LogP contribution in [-0.4, -0.2) is 68.6 Å². The van der Waals surface area contributed by atoms with Gasteiger partial charge in [-0.1, -0.05) is 28.1 Å². The van der Waals surface area contributed by atoms with E-state index in [9.17, 15) is 22.4 Å². The van der Waals surface area contributed by atoms with Gasteiger partial charge in [0, 0.05) is 43.1 Å². The van der Waals surface area contributed by atoms with Crippen LogP contribution < -0.4 is 9.46 Å². The van der Waals surface area contributed by atoms with Gasteiger partial charge in [-0.3, -0.25) is 19.2 Å². The van der Waals surface area contributed by atoms with Gasteiger partial charge in [0.05, 0.1) is 6.26 Å². The highest BCUT2D eigenvalue weighted by Crippen LogP contribution is 2.25. The molecular weight excluding hydrogens is 541 g/mol. The van der Waals surface area contributed by atoms with Gasteiger partial charge in [-0.2, -0.15) is 0 Å². The number of rotatable bonds is 9. The first-order valence-corrected chi connectivity index (χ1v) is 13.9. The molecule has 3 rings (SSSR count). The molecule has 11 heteroatoms. The van der Waals surface area contributed by atoms with Gasteiger partial charge in [-0.15, -0.1) is 0 Å². The van der Waals surface area contributed by atoms with Crippen LogP contribution in [0.15, 0.2) is 46.9 Å². The minimum Gasteiger partial charge on any atom is -0.483 e. The molecule has 1 aliphatic rings. The molecule has 2 aromatic carbocycles. The van der Waals surface area contributed by atoms with Crippen LogP contribution in [0.3, 0.4) is 0 Å². The molecule has 1 saturated heterocycles. The predicted molar refractivity (Wildman–Crippen MR) is 134 cm³/mol. The number of sulfonamides is 1. The summed E-state index contributed by atoms with van der Waals surface area (Å²) in [7, 11) is -3.62. The lowest BCUT2D eigenvalue weighted by Crippen LogP contribution is -2.54. The Morgan fingerprint density at radius 1 is 1.17 bits per heavy atom. The summed E-state index contributed by atoms with van der Waals surface area (Å²) < 4.78 is 44.1. The molecule has 0 aromatic heterocycles. The van der Waals surface area contributed by atoms with E-state index in [0.717, 1.165) is 16.3 Å². The molecule has 0 aliphatic carbocycles. The van der Waals surface area contributed by atoms with Crippen molar-refractivity contribution >= 4 is 37.8 Å². The quantitative estimate of drug-likeness (QED) is 0.499. The molecule has 0 saturated carbocycles. The Bertz CT molecular complexity index is 1160. The Hall–Kier alpha value is -2.50.